The molecule has 2 aromatic carbocycles. The fraction of sp³-hybridized carbons (Fsp3) is 0. The van der Waals surface area contributed by atoms with Crippen LogP contribution in [0.1, 0.15) is 10.5 Å². The molecule has 0 saturated carbocycles. The minimum absolute atomic E-state index is 0.214. The van der Waals surface area contributed by atoms with Crippen LogP contribution in [0.3, 0.4) is 0 Å². The summed E-state index contributed by atoms with van der Waals surface area (Å²) in [5, 5.41) is 5.01. The number of hydrogen-bond acceptors (Lipinski definition) is 2. The van der Waals surface area contributed by atoms with Gasteiger partial charge in [0.2, 0.25) is 0 Å². The third-order valence-electron chi connectivity index (χ3n) is 3.00. The maximum atomic E-state index is 12.2. The molecule has 98 valence electrons. The molecule has 0 atom stereocenters. The van der Waals surface area contributed by atoms with Crippen molar-refractivity contribution >= 4 is 38.3 Å². The van der Waals surface area contributed by atoms with Gasteiger partial charge in [-0.25, -0.2) is 4.98 Å². The second-order valence-corrected chi connectivity index (χ2v) is 5.26. The third kappa shape index (κ3) is 2.56. The van der Waals surface area contributed by atoms with E-state index in [0.29, 0.717) is 5.69 Å². The van der Waals surface area contributed by atoms with Crippen LogP contribution in [0.15, 0.2) is 65.3 Å². The minimum atomic E-state index is -0.214. The van der Waals surface area contributed by atoms with E-state index in [1.807, 2.05) is 42.5 Å². The Hall–Kier alpha value is -2.20. The lowest BCUT2D eigenvalue weighted by atomic mass is 10.1. The Labute approximate surface area is 124 Å². The molecule has 3 nitrogen and oxygen atoms in total. The molecule has 20 heavy (non-hydrogen) atoms. The van der Waals surface area contributed by atoms with Crippen LogP contribution in [0.4, 0.5) is 5.69 Å². The molecule has 3 rings (SSSR count). The monoisotopic (exact) mass is 326 g/mol. The van der Waals surface area contributed by atoms with Gasteiger partial charge in [-0.15, -0.1) is 0 Å². The highest BCUT2D eigenvalue weighted by Crippen LogP contribution is 2.23. The second kappa shape index (κ2) is 5.43. The van der Waals surface area contributed by atoms with Gasteiger partial charge in [-0.2, -0.15) is 0 Å². The van der Waals surface area contributed by atoms with Gasteiger partial charge in [0.25, 0.3) is 5.91 Å². The number of aromatic nitrogens is 1. The summed E-state index contributed by atoms with van der Waals surface area (Å²) in [6.45, 7) is 0. The Balaban J connectivity index is 1.93. The van der Waals surface area contributed by atoms with E-state index < -0.39 is 0 Å². The van der Waals surface area contributed by atoms with E-state index in [0.717, 1.165) is 20.9 Å². The van der Waals surface area contributed by atoms with Crippen molar-refractivity contribution < 1.29 is 4.79 Å². The summed E-state index contributed by atoms with van der Waals surface area (Å²) in [5.41, 5.74) is 1.18. The second-order valence-electron chi connectivity index (χ2n) is 4.34. The van der Waals surface area contributed by atoms with E-state index in [9.17, 15) is 4.79 Å². The number of anilines is 1. The summed E-state index contributed by atoms with van der Waals surface area (Å²) in [6, 6.07) is 17.2. The largest absolute Gasteiger partial charge is 0.320 e. The molecule has 1 heterocycles. The van der Waals surface area contributed by atoms with E-state index in [1.54, 1.807) is 18.3 Å². The van der Waals surface area contributed by atoms with Gasteiger partial charge in [0, 0.05) is 21.7 Å². The molecular formula is C16H11BrN2O. The van der Waals surface area contributed by atoms with Crippen LogP contribution in [0, 0.1) is 0 Å². The molecule has 0 aliphatic rings. The van der Waals surface area contributed by atoms with E-state index in [4.69, 9.17) is 0 Å². The Morgan fingerprint density at radius 1 is 1.00 bits per heavy atom. The highest BCUT2D eigenvalue weighted by atomic mass is 79.9. The predicted octanol–water partition coefficient (Wildman–Crippen LogP) is 4.25. The molecule has 0 unspecified atom stereocenters. The van der Waals surface area contributed by atoms with Crippen LogP contribution in [0.5, 0.6) is 0 Å². The van der Waals surface area contributed by atoms with Crippen LogP contribution in [0.2, 0.25) is 0 Å². The molecule has 1 N–H and O–H groups in total. The lowest BCUT2D eigenvalue weighted by Crippen LogP contribution is -2.13. The standard InChI is InChI=1S/C16H11BrN2O/c17-12-8-9-15(18-10-12)16(20)19-14-7-3-5-11-4-1-2-6-13(11)14/h1-10H,(H,19,20). The Bertz CT molecular complexity index is 764. The minimum Gasteiger partial charge on any atom is -0.320 e. The molecule has 0 spiro atoms. The van der Waals surface area contributed by atoms with Crippen molar-refractivity contribution in [3.05, 3.63) is 71.0 Å². The van der Waals surface area contributed by atoms with Crippen molar-refractivity contribution in [1.82, 2.24) is 4.98 Å². The van der Waals surface area contributed by atoms with E-state index >= 15 is 0 Å². The number of hydrogen-bond donors (Lipinski definition) is 1. The number of halogens is 1. The zero-order valence-corrected chi connectivity index (χ0v) is 12.1. The summed E-state index contributed by atoms with van der Waals surface area (Å²) in [5.74, 6) is -0.214. The Morgan fingerprint density at radius 3 is 2.60 bits per heavy atom. The van der Waals surface area contributed by atoms with Gasteiger partial charge < -0.3 is 5.32 Å². The van der Waals surface area contributed by atoms with Crippen LogP contribution >= 0.6 is 15.9 Å². The molecular weight excluding hydrogens is 316 g/mol. The van der Waals surface area contributed by atoms with Crippen molar-refractivity contribution in [2.75, 3.05) is 5.32 Å². The van der Waals surface area contributed by atoms with Crippen molar-refractivity contribution in [2.45, 2.75) is 0 Å². The number of fused-ring (bicyclic) bond motifs is 1. The van der Waals surface area contributed by atoms with Gasteiger partial charge in [0.05, 0.1) is 0 Å². The molecule has 4 heteroatoms. The van der Waals surface area contributed by atoms with E-state index in [2.05, 4.69) is 26.2 Å². The van der Waals surface area contributed by atoms with Crippen LogP contribution in [-0.4, -0.2) is 10.9 Å². The van der Waals surface area contributed by atoms with Gasteiger partial charge in [-0.1, -0.05) is 36.4 Å². The third-order valence-corrected chi connectivity index (χ3v) is 3.47. The zero-order chi connectivity index (χ0) is 13.9. The van der Waals surface area contributed by atoms with Gasteiger partial charge in [0.1, 0.15) is 5.69 Å². The summed E-state index contributed by atoms with van der Waals surface area (Å²) < 4.78 is 0.846. The average Bonchev–Trinajstić information content (AvgIpc) is 2.48. The van der Waals surface area contributed by atoms with Gasteiger partial charge in [-0.05, 0) is 39.5 Å². The predicted molar refractivity (Wildman–Crippen MR) is 83.8 cm³/mol. The number of carbonyl (C=O) groups excluding carboxylic acids is 1. The number of nitrogens with one attached hydrogen (secondary N) is 1. The summed E-state index contributed by atoms with van der Waals surface area (Å²) in [6.07, 6.45) is 1.61. The molecule has 0 fully saturated rings. The van der Waals surface area contributed by atoms with E-state index in [-0.39, 0.29) is 5.91 Å². The molecule has 0 aliphatic carbocycles. The van der Waals surface area contributed by atoms with Gasteiger partial charge >= 0.3 is 0 Å². The number of pyridine rings is 1. The first-order valence-corrected chi connectivity index (χ1v) is 6.94. The lowest BCUT2D eigenvalue weighted by Gasteiger charge is -2.08. The Morgan fingerprint density at radius 2 is 1.80 bits per heavy atom. The maximum absolute atomic E-state index is 12.2. The SMILES string of the molecule is O=C(Nc1cccc2ccccc12)c1ccc(Br)cn1. The molecule has 0 bridgehead atoms. The van der Waals surface area contributed by atoms with Crippen molar-refractivity contribution in [3.8, 4) is 0 Å². The molecule has 0 aliphatic heterocycles. The summed E-state index contributed by atoms with van der Waals surface area (Å²) in [7, 11) is 0. The van der Waals surface area contributed by atoms with Crippen molar-refractivity contribution in [1.29, 1.82) is 0 Å². The number of rotatable bonds is 2. The zero-order valence-electron chi connectivity index (χ0n) is 10.5. The number of amides is 1. The highest BCUT2D eigenvalue weighted by Gasteiger charge is 2.09. The first-order valence-electron chi connectivity index (χ1n) is 6.15. The Kier molecular flexibility index (Phi) is 3.48. The highest BCUT2D eigenvalue weighted by molar-refractivity contribution is 9.10. The lowest BCUT2D eigenvalue weighted by molar-refractivity contribution is 0.102. The van der Waals surface area contributed by atoms with Crippen LogP contribution in [-0.2, 0) is 0 Å². The van der Waals surface area contributed by atoms with Gasteiger partial charge in [-0.3, -0.25) is 4.79 Å². The smallest absolute Gasteiger partial charge is 0.274 e. The van der Waals surface area contributed by atoms with Crippen molar-refractivity contribution in [3.63, 3.8) is 0 Å². The molecule has 0 saturated heterocycles. The number of benzene rings is 2. The van der Waals surface area contributed by atoms with Crippen LogP contribution < -0.4 is 5.32 Å². The van der Waals surface area contributed by atoms with Gasteiger partial charge in [0.15, 0.2) is 0 Å². The summed E-state index contributed by atoms with van der Waals surface area (Å²) >= 11 is 3.30. The van der Waals surface area contributed by atoms with E-state index in [1.165, 1.54) is 0 Å². The molecule has 1 aromatic heterocycles. The summed E-state index contributed by atoms with van der Waals surface area (Å²) in [4.78, 5) is 16.3. The molecule has 0 radical (unpaired) electrons. The average molecular weight is 327 g/mol. The van der Waals surface area contributed by atoms with Crippen LogP contribution in [0.25, 0.3) is 10.8 Å². The molecule has 3 aromatic rings. The topological polar surface area (TPSA) is 42.0 Å². The normalized spacial score (nSPS) is 10.4. The first kappa shape index (κ1) is 12.8. The number of carbonyl (C=O) groups is 1. The first-order chi connectivity index (χ1) is 9.74. The van der Waals surface area contributed by atoms with Crippen molar-refractivity contribution in [2.24, 2.45) is 0 Å². The maximum Gasteiger partial charge on any atom is 0.274 e. The fourth-order valence-corrected chi connectivity index (χ4v) is 2.27. The molecule has 1 amide bonds. The quantitative estimate of drug-likeness (QED) is 0.764. The fourth-order valence-electron chi connectivity index (χ4n) is 2.03. The number of nitrogens with zero attached hydrogens (tertiary/aromatic N) is 1.